The maximum atomic E-state index is 11.8. The van der Waals surface area contributed by atoms with Crippen LogP contribution in [0.1, 0.15) is 51.5 Å². The minimum absolute atomic E-state index is 0.000398. The Morgan fingerprint density at radius 3 is 2.65 bits per heavy atom. The van der Waals surface area contributed by atoms with E-state index in [0.717, 1.165) is 24.8 Å². The highest BCUT2D eigenvalue weighted by Crippen LogP contribution is 2.13. The molecule has 0 spiro atoms. The molecule has 0 aliphatic carbocycles. The zero-order valence-corrected chi connectivity index (χ0v) is 12.7. The van der Waals surface area contributed by atoms with Crippen molar-refractivity contribution < 1.29 is 9.53 Å². The number of benzene rings is 1. The lowest BCUT2D eigenvalue weighted by Crippen LogP contribution is -2.14. The number of ether oxygens (including phenoxy) is 1. The van der Waals surface area contributed by atoms with Gasteiger partial charge in [-0.1, -0.05) is 62.2 Å². The fraction of sp³-hybridized carbons (Fsp3) is 0.500. The van der Waals surface area contributed by atoms with Crippen molar-refractivity contribution in [2.75, 3.05) is 0 Å². The molecule has 0 N–H and O–H groups in total. The van der Waals surface area contributed by atoms with E-state index >= 15 is 0 Å². The Balaban J connectivity index is 2.13. The molecule has 0 aromatic heterocycles. The molecule has 1 unspecified atom stereocenters. The van der Waals surface area contributed by atoms with Gasteiger partial charge in [-0.25, -0.2) is 0 Å². The predicted molar refractivity (Wildman–Crippen MR) is 83.3 cm³/mol. The number of esters is 1. The summed E-state index contributed by atoms with van der Waals surface area (Å²) in [6, 6.07) is 9.81. The lowest BCUT2D eigenvalue weighted by atomic mass is 10.0. The molecule has 2 heteroatoms. The van der Waals surface area contributed by atoms with E-state index in [1.54, 1.807) is 0 Å². The van der Waals surface area contributed by atoms with Gasteiger partial charge >= 0.3 is 5.97 Å². The summed E-state index contributed by atoms with van der Waals surface area (Å²) in [5, 5.41) is 0. The van der Waals surface area contributed by atoms with Gasteiger partial charge < -0.3 is 4.74 Å². The summed E-state index contributed by atoms with van der Waals surface area (Å²) in [6.07, 6.45) is 9.82. The molecular formula is C18H26O2. The summed E-state index contributed by atoms with van der Waals surface area (Å²) >= 11 is 0. The number of unbranched alkanes of at least 4 members (excludes halogenated alkanes) is 3. The highest BCUT2D eigenvalue weighted by Gasteiger charge is 2.13. The first-order chi connectivity index (χ1) is 9.74. The Labute approximate surface area is 122 Å². The van der Waals surface area contributed by atoms with Crippen LogP contribution >= 0.6 is 0 Å². The van der Waals surface area contributed by atoms with E-state index in [4.69, 9.17) is 4.74 Å². The van der Waals surface area contributed by atoms with Gasteiger partial charge in [-0.05, 0) is 31.7 Å². The Morgan fingerprint density at radius 2 is 1.95 bits per heavy atom. The zero-order valence-electron chi connectivity index (χ0n) is 12.7. The van der Waals surface area contributed by atoms with Gasteiger partial charge in [0.15, 0.2) is 0 Å². The van der Waals surface area contributed by atoms with Crippen molar-refractivity contribution in [3.05, 3.63) is 48.0 Å². The number of carbonyl (C=O) groups is 1. The minimum Gasteiger partial charge on any atom is -0.461 e. The summed E-state index contributed by atoms with van der Waals surface area (Å²) in [7, 11) is 0. The summed E-state index contributed by atoms with van der Waals surface area (Å²) in [5.74, 6) is -0.0808. The van der Waals surface area contributed by atoms with Gasteiger partial charge in [0.25, 0.3) is 0 Å². The molecule has 2 nitrogen and oxygen atoms in total. The van der Waals surface area contributed by atoms with Crippen molar-refractivity contribution in [1.29, 1.82) is 0 Å². The molecule has 0 heterocycles. The second kappa shape index (κ2) is 10.2. The van der Waals surface area contributed by atoms with Crippen LogP contribution < -0.4 is 0 Å². The third-order valence-electron chi connectivity index (χ3n) is 3.37. The molecule has 1 rings (SSSR count). The molecule has 0 bridgehead atoms. The van der Waals surface area contributed by atoms with E-state index in [-0.39, 0.29) is 11.9 Å². The van der Waals surface area contributed by atoms with Crippen LogP contribution in [-0.2, 0) is 16.1 Å². The molecule has 0 aliphatic heterocycles. The molecule has 1 aromatic rings. The summed E-state index contributed by atoms with van der Waals surface area (Å²) in [4.78, 5) is 11.8. The van der Waals surface area contributed by atoms with Crippen LogP contribution in [-0.4, -0.2) is 5.97 Å². The zero-order chi connectivity index (χ0) is 14.6. The fourth-order valence-electron chi connectivity index (χ4n) is 2.04. The normalized spacial score (nSPS) is 12.5. The van der Waals surface area contributed by atoms with Gasteiger partial charge in [0, 0.05) is 0 Å². The van der Waals surface area contributed by atoms with E-state index in [0.29, 0.717) is 6.61 Å². The standard InChI is InChI=1S/C18H26O2/c1-3-4-5-6-7-9-12-16(2)18(19)20-15-17-13-10-8-11-14-17/h3-4,8,10-11,13-14,16H,5-7,9,12,15H2,1-2H3. The summed E-state index contributed by atoms with van der Waals surface area (Å²) in [5.41, 5.74) is 1.04. The van der Waals surface area contributed by atoms with Crippen molar-refractivity contribution in [2.24, 2.45) is 5.92 Å². The van der Waals surface area contributed by atoms with E-state index < -0.39 is 0 Å². The second-order valence-corrected chi connectivity index (χ2v) is 5.20. The van der Waals surface area contributed by atoms with Crippen LogP contribution in [0.5, 0.6) is 0 Å². The van der Waals surface area contributed by atoms with Crippen LogP contribution in [0, 0.1) is 5.92 Å². The summed E-state index contributed by atoms with van der Waals surface area (Å²) in [6.45, 7) is 4.38. The molecule has 110 valence electrons. The first kappa shape index (κ1) is 16.5. The quantitative estimate of drug-likeness (QED) is 0.364. The van der Waals surface area contributed by atoms with Gasteiger partial charge in [-0.3, -0.25) is 4.79 Å². The molecule has 0 amide bonds. The fourth-order valence-corrected chi connectivity index (χ4v) is 2.04. The molecular weight excluding hydrogens is 248 g/mol. The van der Waals surface area contributed by atoms with Gasteiger partial charge in [0.2, 0.25) is 0 Å². The maximum absolute atomic E-state index is 11.8. The number of hydrogen-bond donors (Lipinski definition) is 0. The monoisotopic (exact) mass is 274 g/mol. The minimum atomic E-state index is -0.0812. The van der Waals surface area contributed by atoms with Crippen LogP contribution in [0.4, 0.5) is 0 Å². The Morgan fingerprint density at radius 1 is 1.20 bits per heavy atom. The van der Waals surface area contributed by atoms with E-state index in [9.17, 15) is 4.79 Å². The molecule has 20 heavy (non-hydrogen) atoms. The van der Waals surface area contributed by atoms with E-state index in [1.807, 2.05) is 44.2 Å². The van der Waals surface area contributed by atoms with Gasteiger partial charge in [-0.15, -0.1) is 0 Å². The second-order valence-electron chi connectivity index (χ2n) is 5.20. The lowest BCUT2D eigenvalue weighted by Gasteiger charge is -2.11. The number of rotatable bonds is 9. The Bertz CT molecular complexity index is 395. The molecule has 1 aromatic carbocycles. The SMILES string of the molecule is CC=CCCCCCC(C)C(=O)OCc1ccccc1. The van der Waals surface area contributed by atoms with Crippen LogP contribution in [0.15, 0.2) is 42.5 Å². The number of allylic oxidation sites excluding steroid dienone is 2. The van der Waals surface area contributed by atoms with Crippen molar-refractivity contribution in [1.82, 2.24) is 0 Å². The smallest absolute Gasteiger partial charge is 0.308 e. The Hall–Kier alpha value is -1.57. The van der Waals surface area contributed by atoms with Crippen molar-refractivity contribution in [3.8, 4) is 0 Å². The maximum Gasteiger partial charge on any atom is 0.308 e. The van der Waals surface area contributed by atoms with Crippen LogP contribution in [0.25, 0.3) is 0 Å². The molecule has 0 radical (unpaired) electrons. The highest BCUT2D eigenvalue weighted by molar-refractivity contribution is 5.71. The first-order valence-electron chi connectivity index (χ1n) is 7.55. The first-order valence-corrected chi connectivity index (χ1v) is 7.55. The predicted octanol–water partition coefficient (Wildman–Crippen LogP) is 4.89. The lowest BCUT2D eigenvalue weighted by molar-refractivity contribution is -0.149. The van der Waals surface area contributed by atoms with Crippen LogP contribution in [0.3, 0.4) is 0 Å². The number of carbonyl (C=O) groups excluding carboxylic acids is 1. The van der Waals surface area contributed by atoms with Gasteiger partial charge in [-0.2, -0.15) is 0 Å². The van der Waals surface area contributed by atoms with Gasteiger partial charge in [0.05, 0.1) is 5.92 Å². The van der Waals surface area contributed by atoms with Crippen LogP contribution in [0.2, 0.25) is 0 Å². The molecule has 1 atom stereocenters. The largest absolute Gasteiger partial charge is 0.461 e. The highest BCUT2D eigenvalue weighted by atomic mass is 16.5. The van der Waals surface area contributed by atoms with Gasteiger partial charge in [0.1, 0.15) is 6.61 Å². The topological polar surface area (TPSA) is 26.3 Å². The Kier molecular flexibility index (Phi) is 8.44. The van der Waals surface area contributed by atoms with E-state index in [2.05, 4.69) is 12.2 Å². The molecule has 0 saturated carbocycles. The average Bonchev–Trinajstić information content (AvgIpc) is 2.49. The van der Waals surface area contributed by atoms with E-state index in [1.165, 1.54) is 12.8 Å². The van der Waals surface area contributed by atoms with Crippen molar-refractivity contribution >= 4 is 5.97 Å². The number of hydrogen-bond acceptors (Lipinski definition) is 2. The molecule has 0 fully saturated rings. The molecule has 0 aliphatic rings. The average molecular weight is 274 g/mol. The third kappa shape index (κ3) is 7.13. The third-order valence-corrected chi connectivity index (χ3v) is 3.37. The summed E-state index contributed by atoms with van der Waals surface area (Å²) < 4.78 is 5.34. The van der Waals surface area contributed by atoms with Crippen molar-refractivity contribution in [2.45, 2.75) is 52.6 Å². The van der Waals surface area contributed by atoms with Crippen molar-refractivity contribution in [3.63, 3.8) is 0 Å². The molecule has 0 saturated heterocycles.